The molecule has 2 rings (SSSR count). The number of rotatable bonds is 8. The Balaban J connectivity index is 2.13. The van der Waals surface area contributed by atoms with Crippen LogP contribution in [0.25, 0.3) is 0 Å². The van der Waals surface area contributed by atoms with Gasteiger partial charge in [-0.25, -0.2) is 4.39 Å². The molecule has 0 aliphatic heterocycles. The molecule has 26 heavy (non-hydrogen) atoms. The van der Waals surface area contributed by atoms with Crippen LogP contribution in [0.3, 0.4) is 0 Å². The van der Waals surface area contributed by atoms with Crippen LogP contribution < -0.4 is 10.6 Å². The Morgan fingerprint density at radius 1 is 1.35 bits per heavy atom. The van der Waals surface area contributed by atoms with Gasteiger partial charge in [0.25, 0.3) is 0 Å². The van der Waals surface area contributed by atoms with Crippen LogP contribution in [0.15, 0.2) is 35.4 Å². The number of benzene rings is 1. The molecule has 0 saturated heterocycles. The van der Waals surface area contributed by atoms with Gasteiger partial charge in [-0.1, -0.05) is 0 Å². The van der Waals surface area contributed by atoms with E-state index in [1.54, 1.807) is 25.3 Å². The second-order valence-corrected chi connectivity index (χ2v) is 7.23. The van der Waals surface area contributed by atoms with E-state index in [0.717, 1.165) is 34.4 Å². The van der Waals surface area contributed by atoms with E-state index in [4.69, 9.17) is 14.9 Å². The van der Waals surface area contributed by atoms with Crippen molar-refractivity contribution in [2.75, 3.05) is 5.32 Å². The van der Waals surface area contributed by atoms with Crippen LogP contribution in [0, 0.1) is 12.7 Å². The summed E-state index contributed by atoms with van der Waals surface area (Å²) in [6.07, 6.45) is 1.66. The average Bonchev–Trinajstić information content (AvgIpc) is 2.62. The zero-order valence-corrected chi connectivity index (χ0v) is 16.3. The number of nitrogens with zero attached hydrogens (tertiary/aromatic N) is 1. The summed E-state index contributed by atoms with van der Waals surface area (Å²) in [5.74, 6) is -0.0198. The summed E-state index contributed by atoms with van der Waals surface area (Å²) >= 11 is 7.22. The van der Waals surface area contributed by atoms with Crippen LogP contribution in [0.5, 0.6) is 0 Å². The third kappa shape index (κ3) is 6.17. The molecule has 4 N–H and O–H groups in total. The fourth-order valence-corrected chi connectivity index (χ4v) is 3.73. The second-order valence-electron chi connectivity index (χ2n) is 5.13. The first-order chi connectivity index (χ1) is 13.3. The summed E-state index contributed by atoms with van der Waals surface area (Å²) in [7, 11) is 0. The maximum absolute atomic E-state index is 13.0. The summed E-state index contributed by atoms with van der Waals surface area (Å²) in [5, 5.41) is 25.1. The fraction of sp³-hybridized carbons (Fsp3) is 0.200. The molecule has 0 bridgehead atoms. The van der Waals surface area contributed by atoms with Gasteiger partial charge in [-0.15, -0.1) is 11.6 Å². The topological polar surface area (TPSA) is 77.4 Å². The number of hydrogen-bond acceptors (Lipinski definition) is 6. The van der Waals surface area contributed by atoms with Crippen molar-refractivity contribution < 1.29 is 14.4 Å². The zero-order valence-electron chi connectivity index (χ0n) is 15.9. The number of thiocarbonyl (C=S) groups is 1. The Bertz CT molecular complexity index is 820. The summed E-state index contributed by atoms with van der Waals surface area (Å²) in [5.41, 5.74) is 2.84. The van der Waals surface area contributed by atoms with Gasteiger partial charge in [0.05, 0.1) is 5.69 Å². The van der Waals surface area contributed by atoms with E-state index < -0.39 is 13.4 Å². The molecule has 1 aromatic carbocycles. The molecular formula is C15H18B2FN3O2S3. The van der Waals surface area contributed by atoms with Crippen LogP contribution in [0.2, 0.25) is 0 Å². The molecule has 0 saturated carbocycles. The Hall–Kier alpha value is -1.26. The molecule has 0 spiro atoms. The summed E-state index contributed by atoms with van der Waals surface area (Å²) in [4.78, 5) is 4.96. The lowest BCUT2D eigenvalue weighted by Crippen LogP contribution is -2.28. The van der Waals surface area contributed by atoms with E-state index in [1.165, 1.54) is 12.1 Å². The van der Waals surface area contributed by atoms with Gasteiger partial charge in [0, 0.05) is 31.7 Å². The summed E-state index contributed by atoms with van der Waals surface area (Å²) in [6, 6.07) is 5.79. The molecule has 11 heteroatoms. The lowest BCUT2D eigenvalue weighted by Gasteiger charge is -2.17. The minimum atomic E-state index is -1.37. The molecule has 136 valence electrons. The van der Waals surface area contributed by atoms with Crippen LogP contribution >= 0.6 is 35.4 Å². The third-order valence-electron chi connectivity index (χ3n) is 3.42. The van der Waals surface area contributed by atoms with E-state index in [9.17, 15) is 14.4 Å². The second kappa shape index (κ2) is 10.8. The monoisotopic (exact) mass is 413 g/mol. The number of nitrogens with one attached hydrogen (secondary N) is 2. The van der Waals surface area contributed by atoms with Crippen molar-refractivity contribution in [1.29, 1.82) is 2.67 Å². The van der Waals surface area contributed by atoms with Gasteiger partial charge in [-0.2, -0.15) is 11.6 Å². The first-order valence-electron chi connectivity index (χ1n) is 8.68. The molecule has 0 unspecified atom stereocenters. The minimum Gasteiger partial charge on any atom is -0.444 e. The van der Waals surface area contributed by atoms with E-state index >= 15 is 0 Å². The van der Waals surface area contributed by atoms with Gasteiger partial charge in [0.2, 0.25) is 0 Å². The molecule has 0 atom stereocenters. The fourth-order valence-electron chi connectivity index (χ4n) is 2.20. The van der Waals surface area contributed by atoms with E-state index in [0.29, 0.717) is 33.7 Å². The molecule has 5 nitrogen and oxygen atoms in total. The first kappa shape index (κ1) is 18.1. The SMILES string of the molecule is [3H]B(O)SCc1c(CNC(=S)Nc2ccc(F)cc2)cnc(C)c1SB([3H])O. The van der Waals surface area contributed by atoms with Crippen LogP contribution in [-0.4, -0.2) is 36.3 Å². The molecule has 1 aromatic heterocycles. The van der Waals surface area contributed by atoms with Crippen LogP contribution in [0.1, 0.15) is 16.8 Å². The highest BCUT2D eigenvalue weighted by Gasteiger charge is 2.14. The van der Waals surface area contributed by atoms with Crippen LogP contribution in [0.4, 0.5) is 10.1 Å². The highest BCUT2D eigenvalue weighted by Crippen LogP contribution is 2.29. The van der Waals surface area contributed by atoms with E-state index in [1.807, 2.05) is 0 Å². The molecule has 2 aromatic rings. The van der Waals surface area contributed by atoms with Crippen molar-refractivity contribution in [1.82, 2.24) is 10.3 Å². The van der Waals surface area contributed by atoms with Crippen molar-refractivity contribution in [2.45, 2.75) is 24.1 Å². The maximum atomic E-state index is 13.0. The maximum Gasteiger partial charge on any atom is 0.344 e. The van der Waals surface area contributed by atoms with E-state index in [2.05, 4.69) is 15.6 Å². The van der Waals surface area contributed by atoms with Gasteiger partial charge in [-0.3, -0.25) is 4.98 Å². The number of anilines is 1. The molecule has 0 radical (unpaired) electrons. The molecule has 1 heterocycles. The predicted octanol–water partition coefficient (Wildman–Crippen LogP) is 1.86. The van der Waals surface area contributed by atoms with Crippen molar-refractivity contribution in [3.63, 3.8) is 0 Å². The lowest BCUT2D eigenvalue weighted by molar-refractivity contribution is 0.622. The van der Waals surface area contributed by atoms with Crippen molar-refractivity contribution in [3.8, 4) is 0 Å². The Kier molecular flexibility index (Phi) is 7.52. The number of aromatic nitrogens is 1. The average molecular weight is 413 g/mol. The Labute approximate surface area is 169 Å². The smallest absolute Gasteiger partial charge is 0.344 e. The number of pyridine rings is 1. The molecule has 0 amide bonds. The zero-order chi connectivity index (χ0) is 20.7. The van der Waals surface area contributed by atoms with Gasteiger partial charge < -0.3 is 20.7 Å². The largest absolute Gasteiger partial charge is 0.444 e. The number of hydrogen-bond donors (Lipinski definition) is 4. The number of aryl methyl sites for hydroxylation is 1. The summed E-state index contributed by atoms with van der Waals surface area (Å²) in [6.45, 7) is -0.580. The molecule has 0 aliphatic rings. The minimum absolute atomic E-state index is 0.311. The summed E-state index contributed by atoms with van der Waals surface area (Å²) < 4.78 is 27.7. The van der Waals surface area contributed by atoms with Crippen molar-refractivity contribution >= 4 is 59.7 Å². The standard InChI is InChI=1S/C15H18B2FN3O2S3/c1-9-14(26-17-23)13(8-25-16-22)10(6-19-9)7-20-15(24)21-12-4-2-11(18)3-5-12/h2-6,16-17,22-23H,7-8H2,1H3,(H2,20,21,24)/i16T,17T. The lowest BCUT2D eigenvalue weighted by atomic mass is 10.1. The Morgan fingerprint density at radius 2 is 2.08 bits per heavy atom. The quantitative estimate of drug-likeness (QED) is 0.386. The van der Waals surface area contributed by atoms with Gasteiger partial charge in [0.15, 0.2) is 5.11 Å². The van der Waals surface area contributed by atoms with Crippen molar-refractivity contribution in [3.05, 3.63) is 53.1 Å². The van der Waals surface area contributed by atoms with Gasteiger partial charge in [0.1, 0.15) is 5.82 Å². The third-order valence-corrected chi connectivity index (χ3v) is 5.15. The first-order valence-corrected chi connectivity index (χ1v) is 9.86. The Morgan fingerprint density at radius 3 is 2.73 bits per heavy atom. The van der Waals surface area contributed by atoms with E-state index in [-0.39, 0.29) is 5.82 Å². The van der Waals surface area contributed by atoms with Crippen LogP contribution in [-0.2, 0) is 12.3 Å². The molecular weight excluding hydrogens is 391 g/mol. The van der Waals surface area contributed by atoms with Gasteiger partial charge >= 0.3 is 13.4 Å². The highest BCUT2D eigenvalue weighted by molar-refractivity contribution is 8.22. The molecule has 0 aliphatic carbocycles. The normalized spacial score (nSPS) is 11.4. The number of halogens is 1. The highest BCUT2D eigenvalue weighted by atomic mass is 32.2. The van der Waals surface area contributed by atoms with Gasteiger partial charge in [-0.05, 0) is 54.5 Å². The predicted molar refractivity (Wildman–Crippen MR) is 114 cm³/mol. The van der Waals surface area contributed by atoms with Crippen molar-refractivity contribution in [2.24, 2.45) is 0 Å². The molecule has 0 fully saturated rings.